The lowest BCUT2D eigenvalue weighted by Gasteiger charge is -2.39. The summed E-state index contributed by atoms with van der Waals surface area (Å²) in [5.74, 6) is 0.690. The van der Waals surface area contributed by atoms with E-state index in [9.17, 15) is 13.2 Å². The molecule has 2 aliphatic rings. The van der Waals surface area contributed by atoms with E-state index in [2.05, 4.69) is 20.3 Å². The molecule has 2 aromatic carbocycles. The van der Waals surface area contributed by atoms with E-state index in [0.717, 1.165) is 36.2 Å². The zero-order valence-corrected chi connectivity index (χ0v) is 20.9. The molecule has 3 aromatic rings. The molecule has 2 heterocycles. The van der Waals surface area contributed by atoms with Gasteiger partial charge in [0.2, 0.25) is 0 Å². The van der Waals surface area contributed by atoms with Crippen LogP contribution in [0, 0.1) is 0 Å². The standard InChI is InChI=1S/C25H26Cl2F3N5O/c26-16-10-21-20(22(27)11-16)12-23(34-9-1-2-17(13-34)32-8-7-25(28,29)30)24(21)36-19-5-3-18(4-6-19)35-15-31-14-33-35/h3-6,10-11,14-15,17,23-24,32H,1-2,7-9,12-13H2/t17-,23-,24-/m1/s1. The Kier molecular flexibility index (Phi) is 7.44. The summed E-state index contributed by atoms with van der Waals surface area (Å²) >= 11 is 12.9. The number of nitrogens with zero attached hydrogens (tertiary/aromatic N) is 4. The molecule has 3 atom stereocenters. The molecule has 36 heavy (non-hydrogen) atoms. The largest absolute Gasteiger partial charge is 0.484 e. The molecule has 0 spiro atoms. The van der Waals surface area contributed by atoms with Gasteiger partial charge in [0, 0.05) is 34.7 Å². The summed E-state index contributed by atoms with van der Waals surface area (Å²) < 4.78 is 46.1. The molecule has 1 saturated heterocycles. The van der Waals surface area contributed by atoms with Crippen molar-refractivity contribution in [1.82, 2.24) is 25.0 Å². The van der Waals surface area contributed by atoms with Crippen molar-refractivity contribution < 1.29 is 17.9 Å². The van der Waals surface area contributed by atoms with Gasteiger partial charge in [-0.05, 0) is 67.8 Å². The van der Waals surface area contributed by atoms with Crippen molar-refractivity contribution in [1.29, 1.82) is 0 Å². The average Bonchev–Trinajstić information content (AvgIpc) is 3.48. The van der Waals surface area contributed by atoms with Crippen LogP contribution in [-0.4, -0.2) is 57.6 Å². The fourth-order valence-electron chi connectivity index (χ4n) is 5.14. The molecule has 1 aliphatic carbocycles. The van der Waals surface area contributed by atoms with Gasteiger partial charge >= 0.3 is 6.18 Å². The Morgan fingerprint density at radius 3 is 2.67 bits per heavy atom. The molecule has 1 N–H and O–H groups in total. The molecule has 11 heteroatoms. The minimum Gasteiger partial charge on any atom is -0.484 e. The first-order valence-electron chi connectivity index (χ1n) is 11.9. The van der Waals surface area contributed by atoms with Crippen molar-refractivity contribution in [3.8, 4) is 11.4 Å². The second-order valence-corrected chi connectivity index (χ2v) is 10.1. The van der Waals surface area contributed by atoms with Crippen LogP contribution in [0.15, 0.2) is 49.1 Å². The molecule has 0 unspecified atom stereocenters. The SMILES string of the molecule is FC(F)(F)CCN[C@@H]1CCCN([C@@H]2Cc3c(Cl)cc(Cl)cc3[C@H]2Oc2ccc(-n3cncn3)cc2)C1. The summed E-state index contributed by atoms with van der Waals surface area (Å²) in [6, 6.07) is 11.2. The van der Waals surface area contributed by atoms with Crippen LogP contribution in [0.3, 0.4) is 0 Å². The molecule has 1 aromatic heterocycles. The first kappa shape index (κ1) is 25.3. The first-order valence-corrected chi connectivity index (χ1v) is 12.7. The molecular weight excluding hydrogens is 514 g/mol. The molecular formula is C25H26Cl2F3N5O. The first-order chi connectivity index (χ1) is 17.3. The number of hydrogen-bond acceptors (Lipinski definition) is 5. The van der Waals surface area contributed by atoms with Gasteiger partial charge in [-0.15, -0.1) is 0 Å². The lowest BCUT2D eigenvalue weighted by atomic mass is 10.0. The molecule has 6 nitrogen and oxygen atoms in total. The molecule has 192 valence electrons. The van der Waals surface area contributed by atoms with Crippen molar-refractivity contribution in [2.45, 2.75) is 50.0 Å². The van der Waals surface area contributed by atoms with Crippen LogP contribution < -0.4 is 10.1 Å². The van der Waals surface area contributed by atoms with Crippen molar-refractivity contribution in [2.75, 3.05) is 19.6 Å². The number of piperidine rings is 1. The number of alkyl halides is 3. The number of nitrogens with one attached hydrogen (secondary N) is 1. The Balaban J connectivity index is 1.35. The Labute approximate surface area is 217 Å². The van der Waals surface area contributed by atoms with Crippen LogP contribution in [0.1, 0.15) is 36.5 Å². The predicted octanol–water partition coefficient (Wildman–Crippen LogP) is 5.63. The van der Waals surface area contributed by atoms with E-state index in [1.54, 1.807) is 17.1 Å². The van der Waals surface area contributed by atoms with Gasteiger partial charge in [-0.2, -0.15) is 18.3 Å². The lowest BCUT2D eigenvalue weighted by Crippen LogP contribution is -2.51. The van der Waals surface area contributed by atoms with Crippen molar-refractivity contribution >= 4 is 23.2 Å². The van der Waals surface area contributed by atoms with Crippen LogP contribution >= 0.6 is 23.2 Å². The molecule has 1 aliphatic heterocycles. The van der Waals surface area contributed by atoms with Gasteiger partial charge in [0.15, 0.2) is 0 Å². The monoisotopic (exact) mass is 539 g/mol. The Bertz CT molecular complexity index is 1170. The van der Waals surface area contributed by atoms with Crippen LogP contribution in [0.2, 0.25) is 10.0 Å². The van der Waals surface area contributed by atoms with Crippen LogP contribution in [0.5, 0.6) is 5.75 Å². The van der Waals surface area contributed by atoms with Gasteiger partial charge in [0.25, 0.3) is 0 Å². The summed E-state index contributed by atoms with van der Waals surface area (Å²) in [6.07, 6.45) is 0.209. The molecule has 0 amide bonds. The summed E-state index contributed by atoms with van der Waals surface area (Å²) in [7, 11) is 0. The predicted molar refractivity (Wildman–Crippen MR) is 132 cm³/mol. The number of halogens is 5. The van der Waals surface area contributed by atoms with E-state index in [4.69, 9.17) is 27.9 Å². The third kappa shape index (κ3) is 5.80. The number of ether oxygens (including phenoxy) is 1. The Hall–Kier alpha value is -2.33. The quantitative estimate of drug-likeness (QED) is 0.422. The molecule has 1 fully saturated rings. The van der Waals surface area contributed by atoms with E-state index in [1.807, 2.05) is 30.3 Å². The van der Waals surface area contributed by atoms with E-state index in [-0.39, 0.29) is 24.7 Å². The highest BCUT2D eigenvalue weighted by molar-refractivity contribution is 6.35. The minimum absolute atomic E-state index is 0.00788. The normalized spacial score (nSPS) is 22.5. The number of rotatable bonds is 7. The summed E-state index contributed by atoms with van der Waals surface area (Å²) in [5.41, 5.74) is 2.81. The third-order valence-electron chi connectivity index (χ3n) is 6.81. The maximum Gasteiger partial charge on any atom is 0.390 e. The summed E-state index contributed by atoms with van der Waals surface area (Å²) in [6.45, 7) is 1.41. The molecule has 5 rings (SSSR count). The molecule has 0 radical (unpaired) electrons. The lowest BCUT2D eigenvalue weighted by molar-refractivity contribution is -0.133. The minimum atomic E-state index is -4.16. The van der Waals surface area contributed by atoms with Gasteiger partial charge in [-0.25, -0.2) is 9.67 Å². The van der Waals surface area contributed by atoms with Crippen molar-refractivity contribution in [2.24, 2.45) is 0 Å². The Morgan fingerprint density at radius 1 is 1.14 bits per heavy atom. The fraction of sp³-hybridized carbons (Fsp3) is 0.440. The molecule has 0 bridgehead atoms. The Morgan fingerprint density at radius 2 is 1.94 bits per heavy atom. The number of benzene rings is 2. The van der Waals surface area contributed by atoms with Gasteiger partial charge < -0.3 is 10.1 Å². The van der Waals surface area contributed by atoms with Gasteiger partial charge in [0.05, 0.1) is 18.2 Å². The van der Waals surface area contributed by atoms with E-state index in [0.29, 0.717) is 28.8 Å². The van der Waals surface area contributed by atoms with Crippen LogP contribution in [0.4, 0.5) is 13.2 Å². The van der Waals surface area contributed by atoms with Gasteiger partial charge in [-0.1, -0.05) is 23.2 Å². The van der Waals surface area contributed by atoms with Crippen molar-refractivity contribution in [3.63, 3.8) is 0 Å². The van der Waals surface area contributed by atoms with E-state index < -0.39 is 12.6 Å². The van der Waals surface area contributed by atoms with Crippen LogP contribution in [0.25, 0.3) is 5.69 Å². The average molecular weight is 540 g/mol. The van der Waals surface area contributed by atoms with E-state index in [1.165, 1.54) is 6.33 Å². The highest BCUT2D eigenvalue weighted by atomic mass is 35.5. The fourth-order valence-corrected chi connectivity index (χ4v) is 5.72. The van der Waals surface area contributed by atoms with Crippen LogP contribution in [-0.2, 0) is 6.42 Å². The number of fused-ring (bicyclic) bond motifs is 1. The van der Waals surface area contributed by atoms with E-state index >= 15 is 0 Å². The highest BCUT2D eigenvalue weighted by Crippen LogP contribution is 2.43. The van der Waals surface area contributed by atoms with Gasteiger partial charge in [0.1, 0.15) is 24.5 Å². The molecule has 0 saturated carbocycles. The topological polar surface area (TPSA) is 55.2 Å². The summed E-state index contributed by atoms with van der Waals surface area (Å²) in [4.78, 5) is 6.29. The van der Waals surface area contributed by atoms with Crippen molar-refractivity contribution in [3.05, 3.63) is 70.2 Å². The third-order valence-corrected chi connectivity index (χ3v) is 7.37. The number of aromatic nitrogens is 3. The highest BCUT2D eigenvalue weighted by Gasteiger charge is 2.41. The number of hydrogen-bond donors (Lipinski definition) is 1. The second-order valence-electron chi connectivity index (χ2n) is 9.25. The second kappa shape index (κ2) is 10.6. The zero-order chi connectivity index (χ0) is 25.3. The zero-order valence-electron chi connectivity index (χ0n) is 19.4. The smallest absolute Gasteiger partial charge is 0.390 e. The van der Waals surface area contributed by atoms with Gasteiger partial charge in [-0.3, -0.25) is 4.90 Å². The number of likely N-dealkylation sites (tertiary alicyclic amines) is 1. The summed E-state index contributed by atoms with van der Waals surface area (Å²) in [5, 5.41) is 8.38. The maximum atomic E-state index is 12.6. The maximum absolute atomic E-state index is 12.6.